The van der Waals surface area contributed by atoms with Gasteiger partial charge in [-0.1, -0.05) is 32.0 Å². The number of aromatic amines is 1. The molecule has 0 amide bonds. The van der Waals surface area contributed by atoms with E-state index in [1.807, 2.05) is 6.07 Å². The third-order valence-corrected chi connectivity index (χ3v) is 3.04. The predicted molar refractivity (Wildman–Crippen MR) is 60.0 cm³/mol. The van der Waals surface area contributed by atoms with Crippen LogP contribution in [0, 0.1) is 4.64 Å². The van der Waals surface area contributed by atoms with Crippen LogP contribution < -0.4 is 0 Å². The molecule has 1 fully saturated rings. The summed E-state index contributed by atoms with van der Waals surface area (Å²) in [6, 6.07) is 1.99. The number of aromatic nitrogens is 2. The number of hydrogen-bond donors (Lipinski definition) is 1. The van der Waals surface area contributed by atoms with Crippen LogP contribution in [-0.2, 0) is 6.42 Å². The number of H-pyrrole nitrogens is 1. The summed E-state index contributed by atoms with van der Waals surface area (Å²) in [7, 11) is 0. The maximum atomic E-state index is 5.16. The van der Waals surface area contributed by atoms with E-state index in [0.717, 1.165) is 23.3 Å². The largest absolute Gasteiger partial charge is 0.347 e. The molecule has 0 aromatic carbocycles. The summed E-state index contributed by atoms with van der Waals surface area (Å²) >= 11 is 5.16. The zero-order chi connectivity index (χ0) is 9.97. The van der Waals surface area contributed by atoms with Crippen LogP contribution in [0.4, 0.5) is 0 Å². The molecule has 0 spiro atoms. The molecule has 0 radical (unpaired) electrons. The number of rotatable bonds is 3. The molecule has 1 aliphatic carbocycles. The molecule has 14 heavy (non-hydrogen) atoms. The van der Waals surface area contributed by atoms with Gasteiger partial charge in [-0.15, -0.1) is 0 Å². The van der Waals surface area contributed by atoms with Gasteiger partial charge in [0.2, 0.25) is 0 Å². The standard InChI is InChI=1S/C11H16N2S/c1-2-4-9-7-10(14)13-11(12-9)8-5-3-6-8/h7-8H,2-6H2,1H3,(H,12,13,14). The first kappa shape index (κ1) is 9.84. The van der Waals surface area contributed by atoms with E-state index in [2.05, 4.69) is 16.9 Å². The molecule has 76 valence electrons. The lowest BCUT2D eigenvalue weighted by Crippen LogP contribution is -2.13. The van der Waals surface area contributed by atoms with E-state index < -0.39 is 0 Å². The Labute approximate surface area is 89.8 Å². The normalized spacial score (nSPS) is 16.6. The third-order valence-electron chi connectivity index (χ3n) is 2.83. The van der Waals surface area contributed by atoms with Crippen LogP contribution >= 0.6 is 12.2 Å². The molecule has 0 aliphatic heterocycles. The highest BCUT2D eigenvalue weighted by atomic mass is 32.1. The molecule has 0 atom stereocenters. The first-order chi connectivity index (χ1) is 6.79. The molecule has 1 aromatic rings. The summed E-state index contributed by atoms with van der Waals surface area (Å²) in [6.07, 6.45) is 6.11. The smallest absolute Gasteiger partial charge is 0.129 e. The van der Waals surface area contributed by atoms with Gasteiger partial charge in [-0.3, -0.25) is 0 Å². The van der Waals surface area contributed by atoms with Crippen molar-refractivity contribution in [1.82, 2.24) is 9.97 Å². The Morgan fingerprint density at radius 1 is 1.57 bits per heavy atom. The second-order valence-corrected chi connectivity index (χ2v) is 4.43. The van der Waals surface area contributed by atoms with Gasteiger partial charge in [-0.25, -0.2) is 4.98 Å². The molecule has 1 N–H and O–H groups in total. The van der Waals surface area contributed by atoms with E-state index in [-0.39, 0.29) is 0 Å². The van der Waals surface area contributed by atoms with Crippen molar-refractivity contribution in [3.8, 4) is 0 Å². The van der Waals surface area contributed by atoms with Gasteiger partial charge in [-0.2, -0.15) is 0 Å². The Bertz CT molecular complexity index is 366. The molecule has 0 unspecified atom stereocenters. The minimum absolute atomic E-state index is 0.647. The van der Waals surface area contributed by atoms with Crippen molar-refractivity contribution in [2.45, 2.75) is 44.9 Å². The van der Waals surface area contributed by atoms with Gasteiger partial charge in [0.05, 0.1) is 0 Å². The summed E-state index contributed by atoms with van der Waals surface area (Å²) in [6.45, 7) is 2.18. The van der Waals surface area contributed by atoms with Crippen LogP contribution in [0.15, 0.2) is 6.07 Å². The maximum absolute atomic E-state index is 5.16. The van der Waals surface area contributed by atoms with Crippen LogP contribution in [0.5, 0.6) is 0 Å². The monoisotopic (exact) mass is 208 g/mol. The molecular weight excluding hydrogens is 192 g/mol. The Hall–Kier alpha value is -0.700. The van der Waals surface area contributed by atoms with E-state index in [9.17, 15) is 0 Å². The molecular formula is C11H16N2S. The molecule has 0 saturated heterocycles. The minimum Gasteiger partial charge on any atom is -0.347 e. The van der Waals surface area contributed by atoms with Crippen molar-refractivity contribution in [3.63, 3.8) is 0 Å². The summed E-state index contributed by atoms with van der Waals surface area (Å²) in [4.78, 5) is 7.81. The van der Waals surface area contributed by atoms with Crippen molar-refractivity contribution in [2.24, 2.45) is 0 Å². The number of nitrogens with zero attached hydrogens (tertiary/aromatic N) is 1. The summed E-state index contributed by atoms with van der Waals surface area (Å²) < 4.78 is 0.745. The van der Waals surface area contributed by atoms with Crippen molar-refractivity contribution in [1.29, 1.82) is 0 Å². The van der Waals surface area contributed by atoms with Crippen LogP contribution in [0.2, 0.25) is 0 Å². The van der Waals surface area contributed by atoms with Crippen molar-refractivity contribution in [3.05, 3.63) is 22.2 Å². The average molecular weight is 208 g/mol. The number of aryl methyl sites for hydroxylation is 1. The quantitative estimate of drug-likeness (QED) is 0.772. The fraction of sp³-hybridized carbons (Fsp3) is 0.636. The number of nitrogens with one attached hydrogen (secondary N) is 1. The zero-order valence-corrected chi connectivity index (χ0v) is 9.36. The lowest BCUT2D eigenvalue weighted by molar-refractivity contribution is 0.400. The minimum atomic E-state index is 0.647. The highest BCUT2D eigenvalue weighted by molar-refractivity contribution is 7.71. The second kappa shape index (κ2) is 4.22. The van der Waals surface area contributed by atoms with Gasteiger partial charge >= 0.3 is 0 Å². The second-order valence-electron chi connectivity index (χ2n) is 4.01. The van der Waals surface area contributed by atoms with Gasteiger partial charge in [0.25, 0.3) is 0 Å². The van der Waals surface area contributed by atoms with Crippen molar-refractivity contribution in [2.75, 3.05) is 0 Å². The van der Waals surface area contributed by atoms with Gasteiger partial charge in [0.15, 0.2) is 0 Å². The number of hydrogen-bond acceptors (Lipinski definition) is 2. The lowest BCUT2D eigenvalue weighted by atomic mass is 9.85. The van der Waals surface area contributed by atoms with E-state index in [0.29, 0.717) is 5.92 Å². The molecule has 0 bridgehead atoms. The predicted octanol–water partition coefficient (Wildman–Crippen LogP) is 3.36. The summed E-state index contributed by atoms with van der Waals surface area (Å²) in [5.41, 5.74) is 1.24. The van der Waals surface area contributed by atoms with Crippen molar-refractivity contribution >= 4 is 12.2 Å². The summed E-state index contributed by atoms with van der Waals surface area (Å²) in [5, 5.41) is 0. The third kappa shape index (κ3) is 2.03. The zero-order valence-electron chi connectivity index (χ0n) is 8.55. The molecule has 1 heterocycles. The molecule has 2 nitrogen and oxygen atoms in total. The molecule has 3 heteroatoms. The van der Waals surface area contributed by atoms with Crippen LogP contribution in [0.3, 0.4) is 0 Å². The topological polar surface area (TPSA) is 28.7 Å². The Morgan fingerprint density at radius 3 is 2.93 bits per heavy atom. The Balaban J connectivity index is 2.26. The van der Waals surface area contributed by atoms with Crippen molar-refractivity contribution < 1.29 is 0 Å². The fourth-order valence-corrected chi connectivity index (χ4v) is 2.05. The molecule has 2 rings (SSSR count). The average Bonchev–Trinajstić information content (AvgIpc) is 1.99. The first-order valence-electron chi connectivity index (χ1n) is 5.39. The van der Waals surface area contributed by atoms with E-state index >= 15 is 0 Å². The Morgan fingerprint density at radius 2 is 2.36 bits per heavy atom. The Kier molecular flexibility index (Phi) is 2.96. The van der Waals surface area contributed by atoms with Crippen LogP contribution in [0.1, 0.15) is 50.0 Å². The van der Waals surface area contributed by atoms with Crippen LogP contribution in [-0.4, -0.2) is 9.97 Å². The molecule has 1 aromatic heterocycles. The lowest BCUT2D eigenvalue weighted by Gasteiger charge is -2.24. The highest BCUT2D eigenvalue weighted by Gasteiger charge is 2.21. The van der Waals surface area contributed by atoms with Gasteiger partial charge in [0.1, 0.15) is 10.5 Å². The van der Waals surface area contributed by atoms with Gasteiger partial charge in [-0.05, 0) is 25.3 Å². The van der Waals surface area contributed by atoms with E-state index in [1.165, 1.54) is 25.0 Å². The first-order valence-corrected chi connectivity index (χ1v) is 5.80. The highest BCUT2D eigenvalue weighted by Crippen LogP contribution is 2.34. The van der Waals surface area contributed by atoms with E-state index in [4.69, 9.17) is 12.2 Å². The molecule has 1 aliphatic rings. The van der Waals surface area contributed by atoms with Gasteiger partial charge < -0.3 is 4.98 Å². The maximum Gasteiger partial charge on any atom is 0.129 e. The van der Waals surface area contributed by atoms with E-state index in [1.54, 1.807) is 0 Å². The SMILES string of the molecule is CCCc1cc(=S)nc(C2CCC2)[nH]1. The van der Waals surface area contributed by atoms with Crippen LogP contribution in [0.25, 0.3) is 0 Å². The molecule has 1 saturated carbocycles. The fourth-order valence-electron chi connectivity index (χ4n) is 1.81. The van der Waals surface area contributed by atoms with Gasteiger partial charge in [0, 0.05) is 11.6 Å². The summed E-state index contributed by atoms with van der Waals surface area (Å²) in [5.74, 6) is 1.76.